The number of carbonyl (C=O) groups is 1. The number of nitrogens with one attached hydrogen (secondary N) is 1. The number of amides is 1. The van der Waals surface area contributed by atoms with Crippen LogP contribution in [-0.2, 0) is 11.2 Å². The van der Waals surface area contributed by atoms with Crippen LogP contribution in [-0.4, -0.2) is 23.7 Å². The van der Waals surface area contributed by atoms with Gasteiger partial charge in [-0.15, -0.1) is 0 Å². The standard InChI is InChI=1S/C17H27NO2/c1-12(2)7-16(19)11-18-17(20)6-5-15-9-13(3)8-14(4)10-15/h8-10,12,16,19H,5-7,11H2,1-4H3,(H,18,20). The lowest BCUT2D eigenvalue weighted by Gasteiger charge is -2.14. The van der Waals surface area contributed by atoms with Gasteiger partial charge in [-0.3, -0.25) is 4.79 Å². The molecule has 112 valence electrons. The summed E-state index contributed by atoms with van der Waals surface area (Å²) < 4.78 is 0. The minimum absolute atomic E-state index is 0.00645. The van der Waals surface area contributed by atoms with E-state index in [1.54, 1.807) is 0 Å². The number of aliphatic hydroxyl groups excluding tert-OH is 1. The molecule has 0 aliphatic carbocycles. The van der Waals surface area contributed by atoms with Gasteiger partial charge in [-0.25, -0.2) is 0 Å². The fraction of sp³-hybridized carbons (Fsp3) is 0.588. The Morgan fingerprint density at radius 2 is 1.80 bits per heavy atom. The summed E-state index contributed by atoms with van der Waals surface area (Å²) in [5.41, 5.74) is 3.65. The fourth-order valence-corrected chi connectivity index (χ4v) is 2.42. The van der Waals surface area contributed by atoms with Crippen LogP contribution in [0.4, 0.5) is 0 Å². The summed E-state index contributed by atoms with van der Waals surface area (Å²) in [6.45, 7) is 8.61. The van der Waals surface area contributed by atoms with Gasteiger partial charge >= 0.3 is 0 Å². The Balaban J connectivity index is 2.32. The van der Waals surface area contributed by atoms with Gasteiger partial charge in [0.1, 0.15) is 0 Å². The van der Waals surface area contributed by atoms with Gasteiger partial charge in [0.25, 0.3) is 0 Å². The maximum atomic E-state index is 11.8. The van der Waals surface area contributed by atoms with E-state index in [4.69, 9.17) is 0 Å². The summed E-state index contributed by atoms with van der Waals surface area (Å²) in [5, 5.41) is 12.5. The molecule has 1 rings (SSSR count). The predicted molar refractivity (Wildman–Crippen MR) is 82.7 cm³/mol. The van der Waals surface area contributed by atoms with Crippen molar-refractivity contribution in [2.24, 2.45) is 5.92 Å². The summed E-state index contributed by atoms with van der Waals surface area (Å²) in [5.74, 6) is 0.448. The maximum Gasteiger partial charge on any atom is 0.220 e. The Hall–Kier alpha value is -1.35. The van der Waals surface area contributed by atoms with Crippen LogP contribution >= 0.6 is 0 Å². The maximum absolute atomic E-state index is 11.8. The van der Waals surface area contributed by atoms with E-state index in [-0.39, 0.29) is 5.91 Å². The van der Waals surface area contributed by atoms with Crippen LogP contribution < -0.4 is 5.32 Å². The topological polar surface area (TPSA) is 49.3 Å². The Morgan fingerprint density at radius 3 is 2.35 bits per heavy atom. The largest absolute Gasteiger partial charge is 0.391 e. The number of hydrogen-bond acceptors (Lipinski definition) is 2. The average Bonchev–Trinajstić information content (AvgIpc) is 2.32. The molecule has 1 amide bonds. The Morgan fingerprint density at radius 1 is 1.20 bits per heavy atom. The van der Waals surface area contributed by atoms with E-state index in [1.807, 2.05) is 0 Å². The Labute approximate surface area is 122 Å². The second-order valence-corrected chi connectivity index (χ2v) is 6.08. The third-order valence-electron chi connectivity index (χ3n) is 3.20. The highest BCUT2D eigenvalue weighted by Gasteiger charge is 2.09. The zero-order valence-electron chi connectivity index (χ0n) is 13.1. The third kappa shape index (κ3) is 6.71. The van der Waals surface area contributed by atoms with Gasteiger partial charge < -0.3 is 10.4 Å². The van der Waals surface area contributed by atoms with Crippen molar-refractivity contribution in [3.63, 3.8) is 0 Å². The lowest BCUT2D eigenvalue weighted by molar-refractivity contribution is -0.121. The molecule has 0 spiro atoms. The zero-order chi connectivity index (χ0) is 15.1. The molecule has 0 saturated carbocycles. The molecule has 1 atom stereocenters. The van der Waals surface area contributed by atoms with Gasteiger partial charge in [0, 0.05) is 13.0 Å². The number of aliphatic hydroxyl groups is 1. The minimum atomic E-state index is -0.444. The molecule has 0 aliphatic heterocycles. The van der Waals surface area contributed by atoms with E-state index in [0.29, 0.717) is 18.9 Å². The van der Waals surface area contributed by atoms with Crippen LogP contribution in [0.1, 0.15) is 43.4 Å². The van der Waals surface area contributed by atoms with E-state index in [9.17, 15) is 9.90 Å². The van der Waals surface area contributed by atoms with Crippen LogP contribution in [0, 0.1) is 19.8 Å². The van der Waals surface area contributed by atoms with Crippen molar-refractivity contribution in [3.05, 3.63) is 34.9 Å². The first-order valence-corrected chi connectivity index (χ1v) is 7.38. The first kappa shape index (κ1) is 16.7. The van der Waals surface area contributed by atoms with Crippen molar-refractivity contribution >= 4 is 5.91 Å². The molecular formula is C17H27NO2. The number of benzene rings is 1. The normalized spacial score (nSPS) is 12.5. The number of hydrogen-bond donors (Lipinski definition) is 2. The van der Waals surface area contributed by atoms with Gasteiger partial charge in [0.15, 0.2) is 0 Å². The van der Waals surface area contributed by atoms with Gasteiger partial charge in [-0.2, -0.15) is 0 Å². The van der Waals surface area contributed by atoms with E-state index < -0.39 is 6.10 Å². The van der Waals surface area contributed by atoms with Crippen LogP contribution in [0.2, 0.25) is 0 Å². The van der Waals surface area contributed by atoms with Crippen LogP contribution in [0.25, 0.3) is 0 Å². The summed E-state index contributed by atoms with van der Waals surface area (Å²) in [4.78, 5) is 11.8. The fourth-order valence-electron chi connectivity index (χ4n) is 2.42. The molecule has 1 aromatic rings. The first-order valence-electron chi connectivity index (χ1n) is 7.38. The van der Waals surface area contributed by atoms with Crippen LogP contribution in [0.5, 0.6) is 0 Å². The van der Waals surface area contributed by atoms with Gasteiger partial charge in [-0.05, 0) is 38.2 Å². The van der Waals surface area contributed by atoms with E-state index >= 15 is 0 Å². The quantitative estimate of drug-likeness (QED) is 0.805. The molecule has 0 heterocycles. The summed E-state index contributed by atoms with van der Waals surface area (Å²) >= 11 is 0. The van der Waals surface area contributed by atoms with Gasteiger partial charge in [0.2, 0.25) is 5.91 Å². The molecule has 2 N–H and O–H groups in total. The second kappa shape index (κ2) is 8.05. The smallest absolute Gasteiger partial charge is 0.220 e. The molecule has 20 heavy (non-hydrogen) atoms. The highest BCUT2D eigenvalue weighted by atomic mass is 16.3. The van der Waals surface area contributed by atoms with Crippen LogP contribution in [0.15, 0.2) is 18.2 Å². The van der Waals surface area contributed by atoms with Crippen molar-refractivity contribution in [3.8, 4) is 0 Å². The van der Waals surface area contributed by atoms with Crippen molar-refractivity contribution in [1.82, 2.24) is 5.32 Å². The number of aryl methyl sites for hydroxylation is 3. The summed E-state index contributed by atoms with van der Waals surface area (Å²) in [6.07, 6.45) is 1.49. The Bertz CT molecular complexity index is 420. The van der Waals surface area contributed by atoms with E-state index in [1.165, 1.54) is 16.7 Å². The summed E-state index contributed by atoms with van der Waals surface area (Å²) in [7, 11) is 0. The highest BCUT2D eigenvalue weighted by molar-refractivity contribution is 5.76. The third-order valence-corrected chi connectivity index (χ3v) is 3.20. The summed E-state index contributed by atoms with van der Waals surface area (Å²) in [6, 6.07) is 6.37. The molecule has 0 aromatic heterocycles. The molecule has 3 nitrogen and oxygen atoms in total. The molecule has 0 saturated heterocycles. The van der Waals surface area contributed by atoms with E-state index in [2.05, 4.69) is 51.2 Å². The van der Waals surface area contributed by atoms with Crippen LogP contribution in [0.3, 0.4) is 0 Å². The average molecular weight is 277 g/mol. The monoisotopic (exact) mass is 277 g/mol. The SMILES string of the molecule is Cc1cc(C)cc(CCC(=O)NCC(O)CC(C)C)c1. The molecule has 3 heteroatoms. The minimum Gasteiger partial charge on any atom is -0.391 e. The molecular weight excluding hydrogens is 250 g/mol. The zero-order valence-corrected chi connectivity index (χ0v) is 13.1. The molecule has 1 unspecified atom stereocenters. The predicted octanol–water partition coefficient (Wildman–Crippen LogP) is 2.76. The molecule has 0 fully saturated rings. The van der Waals surface area contributed by atoms with Crippen molar-refractivity contribution in [2.45, 2.75) is 53.1 Å². The highest BCUT2D eigenvalue weighted by Crippen LogP contribution is 2.10. The number of carbonyl (C=O) groups excluding carboxylic acids is 1. The molecule has 0 radical (unpaired) electrons. The molecule has 0 bridgehead atoms. The van der Waals surface area contributed by atoms with Crippen molar-refractivity contribution < 1.29 is 9.90 Å². The Kier molecular flexibility index (Phi) is 6.73. The lowest BCUT2D eigenvalue weighted by atomic mass is 10.0. The van der Waals surface area contributed by atoms with E-state index in [0.717, 1.165) is 12.8 Å². The van der Waals surface area contributed by atoms with Crippen molar-refractivity contribution in [2.75, 3.05) is 6.54 Å². The first-order chi connectivity index (χ1) is 9.36. The number of rotatable bonds is 7. The van der Waals surface area contributed by atoms with Gasteiger partial charge in [-0.1, -0.05) is 43.2 Å². The van der Waals surface area contributed by atoms with Gasteiger partial charge in [0.05, 0.1) is 6.10 Å². The second-order valence-electron chi connectivity index (χ2n) is 6.08. The van der Waals surface area contributed by atoms with Crippen molar-refractivity contribution in [1.29, 1.82) is 0 Å². The molecule has 0 aliphatic rings. The lowest BCUT2D eigenvalue weighted by Crippen LogP contribution is -2.32. The molecule has 1 aromatic carbocycles.